The Labute approximate surface area is 392 Å². The Balaban J connectivity index is 1.26. The summed E-state index contributed by atoms with van der Waals surface area (Å²) in [6, 6.07) is 36.2. The van der Waals surface area contributed by atoms with Gasteiger partial charge in [-0.15, -0.1) is 0 Å². The lowest BCUT2D eigenvalue weighted by atomic mass is 9.32. The number of rotatable bonds is 2. The van der Waals surface area contributed by atoms with Gasteiger partial charge in [-0.05, 0) is 182 Å². The second-order valence-corrected chi connectivity index (χ2v) is 24.7. The summed E-state index contributed by atoms with van der Waals surface area (Å²) in [6.07, 6.45) is 6.64. The zero-order valence-electron chi connectivity index (χ0n) is 43.9. The van der Waals surface area contributed by atoms with Crippen molar-refractivity contribution in [3.63, 3.8) is 0 Å². The Morgan fingerprint density at radius 3 is 1.49 bits per heavy atom. The fourth-order valence-electron chi connectivity index (χ4n) is 13.3. The molecule has 3 nitrogen and oxygen atoms in total. The molecule has 12 rings (SSSR count). The molecular formula is C61H67BN2O. The van der Waals surface area contributed by atoms with Gasteiger partial charge in [0.05, 0.1) is 5.69 Å². The fourth-order valence-corrected chi connectivity index (χ4v) is 13.3. The Morgan fingerprint density at radius 2 is 0.923 bits per heavy atom. The van der Waals surface area contributed by atoms with Crippen molar-refractivity contribution in [3.05, 3.63) is 136 Å². The number of fused-ring (bicyclic) bond motifs is 10. The van der Waals surface area contributed by atoms with Gasteiger partial charge in [-0.2, -0.15) is 0 Å². The van der Waals surface area contributed by atoms with E-state index in [1.54, 1.807) is 0 Å². The summed E-state index contributed by atoms with van der Waals surface area (Å²) in [5.74, 6) is 0. The van der Waals surface area contributed by atoms with Crippen LogP contribution in [-0.2, 0) is 32.5 Å². The summed E-state index contributed by atoms with van der Waals surface area (Å²) in [4.78, 5) is 4.88. The number of hydrogen-bond donors (Lipinski definition) is 0. The van der Waals surface area contributed by atoms with Crippen molar-refractivity contribution in [2.24, 2.45) is 0 Å². The van der Waals surface area contributed by atoms with Crippen LogP contribution in [0, 0.1) is 6.85 Å². The summed E-state index contributed by atoms with van der Waals surface area (Å²) in [6.45, 7) is 26.4. The standard InChI is InChI=1S/C61H67BN2O/c1-36-29-51-54-52(30-36)64(48-19-16-18-39-38-17-14-15-20-53(38)65-55(39)48)50-35-45-43(59(8,9)26-28-61(45,12)13)33-47(50)62(54)46-32-42-44(60(10,11)27-25-58(42,6)7)34-49(46)63(51)37-21-22-40-41(31-37)57(4,5)24-23-56(40,2)3/h14-22,29-35H,23-28H2,1-13H3/i1D3. The molecule has 0 fully saturated rings. The largest absolute Gasteiger partial charge is 0.454 e. The molecule has 3 aliphatic carbocycles. The highest BCUT2D eigenvalue weighted by Gasteiger charge is 2.49. The topological polar surface area (TPSA) is 19.6 Å². The van der Waals surface area contributed by atoms with Gasteiger partial charge in [-0.3, -0.25) is 0 Å². The van der Waals surface area contributed by atoms with Crippen LogP contribution in [0.4, 0.5) is 34.1 Å². The maximum atomic E-state index is 9.20. The van der Waals surface area contributed by atoms with Crippen LogP contribution in [0.1, 0.15) is 165 Å². The third-order valence-corrected chi connectivity index (χ3v) is 17.7. The van der Waals surface area contributed by atoms with Gasteiger partial charge in [0.2, 0.25) is 0 Å². The van der Waals surface area contributed by atoms with Crippen LogP contribution in [0.25, 0.3) is 21.9 Å². The van der Waals surface area contributed by atoms with Crippen LogP contribution in [-0.4, -0.2) is 6.71 Å². The van der Waals surface area contributed by atoms with E-state index in [0.717, 1.165) is 100 Å². The van der Waals surface area contributed by atoms with Crippen LogP contribution in [0.15, 0.2) is 101 Å². The van der Waals surface area contributed by atoms with Crippen molar-refractivity contribution >= 4 is 79.2 Å². The van der Waals surface area contributed by atoms with Gasteiger partial charge < -0.3 is 14.2 Å². The number of hydrogen-bond acceptors (Lipinski definition) is 3. The number of anilines is 6. The normalized spacial score (nSPS) is 21.8. The van der Waals surface area contributed by atoms with E-state index in [0.29, 0.717) is 5.56 Å². The Kier molecular flexibility index (Phi) is 7.60. The molecule has 0 bridgehead atoms. The van der Waals surface area contributed by atoms with Crippen molar-refractivity contribution in [1.29, 1.82) is 0 Å². The van der Waals surface area contributed by atoms with Gasteiger partial charge in [-0.25, -0.2) is 0 Å². The number of aryl methyl sites for hydroxylation is 1. The van der Waals surface area contributed by atoms with Gasteiger partial charge in [-0.1, -0.05) is 132 Å². The SMILES string of the molecule is [2H]C([2H])([2H])c1cc2c3c(c1)N(c1cccc4c1oc1ccccc14)c1cc4c(cc1B3c1cc3c(cc1N2c1ccc2c(c1)C(C)(C)CCC2(C)C)C(C)(C)CCC3(C)C)C(C)(C)CCC4(C)C. The Morgan fingerprint density at radius 1 is 0.446 bits per heavy atom. The highest BCUT2D eigenvalue weighted by Crippen LogP contribution is 2.55. The summed E-state index contributed by atoms with van der Waals surface area (Å²) in [5.41, 5.74) is 20.0. The monoisotopic (exact) mass is 858 g/mol. The first-order valence-corrected chi connectivity index (χ1v) is 24.5. The minimum absolute atomic E-state index is 0.0233. The molecule has 0 radical (unpaired) electrons. The molecule has 5 aliphatic rings. The van der Waals surface area contributed by atoms with E-state index in [1.165, 1.54) is 44.3 Å². The molecule has 6 aromatic carbocycles. The quantitative estimate of drug-likeness (QED) is 0.162. The Bertz CT molecular complexity index is 3330. The van der Waals surface area contributed by atoms with Crippen LogP contribution in [0.3, 0.4) is 0 Å². The van der Waals surface area contributed by atoms with E-state index in [4.69, 9.17) is 4.42 Å². The smallest absolute Gasteiger partial charge is 0.252 e. The lowest BCUT2D eigenvalue weighted by Gasteiger charge is -2.49. The molecule has 3 heterocycles. The maximum Gasteiger partial charge on any atom is 0.252 e. The molecule has 0 atom stereocenters. The zero-order valence-corrected chi connectivity index (χ0v) is 40.9. The number of para-hydroxylation sites is 2. The first kappa shape index (κ1) is 37.9. The number of furan rings is 1. The summed E-state index contributed by atoms with van der Waals surface area (Å²) >= 11 is 0. The van der Waals surface area contributed by atoms with Crippen LogP contribution >= 0.6 is 0 Å². The van der Waals surface area contributed by atoms with E-state index < -0.39 is 6.85 Å². The third-order valence-electron chi connectivity index (χ3n) is 17.7. The first-order chi connectivity index (χ1) is 31.8. The lowest BCUT2D eigenvalue weighted by Crippen LogP contribution is -2.62. The second-order valence-electron chi connectivity index (χ2n) is 24.7. The van der Waals surface area contributed by atoms with Gasteiger partial charge in [0.25, 0.3) is 6.71 Å². The van der Waals surface area contributed by atoms with E-state index >= 15 is 0 Å². The van der Waals surface area contributed by atoms with Crippen molar-refractivity contribution in [2.75, 3.05) is 9.80 Å². The van der Waals surface area contributed by atoms with Crippen molar-refractivity contribution in [2.45, 2.75) is 161 Å². The average Bonchev–Trinajstić information content (AvgIpc) is 3.66. The van der Waals surface area contributed by atoms with E-state index in [1.807, 2.05) is 18.2 Å². The van der Waals surface area contributed by atoms with Crippen LogP contribution < -0.4 is 26.2 Å². The molecule has 0 N–H and O–H groups in total. The average molecular weight is 858 g/mol. The van der Waals surface area contributed by atoms with Gasteiger partial charge in [0.1, 0.15) is 5.58 Å². The molecule has 0 saturated heterocycles. The Hall–Kier alpha value is -5.22. The molecular weight excluding hydrogens is 787 g/mol. The molecule has 330 valence electrons. The molecule has 0 saturated carbocycles. The lowest BCUT2D eigenvalue weighted by molar-refractivity contribution is 0.332. The van der Waals surface area contributed by atoms with Crippen molar-refractivity contribution < 1.29 is 8.53 Å². The molecule has 0 spiro atoms. The molecule has 4 heteroatoms. The van der Waals surface area contributed by atoms with Crippen LogP contribution in [0.5, 0.6) is 0 Å². The van der Waals surface area contributed by atoms with Gasteiger partial charge >= 0.3 is 0 Å². The molecule has 65 heavy (non-hydrogen) atoms. The number of nitrogens with zero attached hydrogens (tertiary/aromatic N) is 2. The predicted molar refractivity (Wildman–Crippen MR) is 278 cm³/mol. The first-order valence-electron chi connectivity index (χ1n) is 26.0. The number of benzene rings is 6. The summed E-state index contributed by atoms with van der Waals surface area (Å²) < 4.78 is 34.5. The summed E-state index contributed by atoms with van der Waals surface area (Å²) in [7, 11) is 0. The molecule has 7 aromatic rings. The minimum Gasteiger partial charge on any atom is -0.454 e. The molecule has 2 aliphatic heterocycles. The van der Waals surface area contributed by atoms with Crippen molar-refractivity contribution in [1.82, 2.24) is 0 Å². The maximum absolute atomic E-state index is 9.20. The zero-order chi connectivity index (χ0) is 48.0. The van der Waals surface area contributed by atoms with E-state index in [2.05, 4.69) is 172 Å². The molecule has 0 amide bonds. The van der Waals surface area contributed by atoms with E-state index in [-0.39, 0.29) is 39.2 Å². The van der Waals surface area contributed by atoms with E-state index in [9.17, 15) is 4.11 Å². The summed E-state index contributed by atoms with van der Waals surface area (Å²) in [5, 5.41) is 2.12. The highest BCUT2D eigenvalue weighted by molar-refractivity contribution is 7.00. The second kappa shape index (κ2) is 13.0. The third kappa shape index (κ3) is 5.74. The highest BCUT2D eigenvalue weighted by atomic mass is 16.3. The van der Waals surface area contributed by atoms with Crippen LogP contribution in [0.2, 0.25) is 0 Å². The minimum atomic E-state index is -2.38. The van der Waals surface area contributed by atoms with Gasteiger partial charge in [0, 0.05) is 43.3 Å². The predicted octanol–water partition coefficient (Wildman–Crippen LogP) is 15.0. The van der Waals surface area contributed by atoms with Crippen molar-refractivity contribution in [3.8, 4) is 0 Å². The van der Waals surface area contributed by atoms with Gasteiger partial charge in [0.15, 0.2) is 5.58 Å². The fraction of sp³-hybridized carbons (Fsp3) is 0.410. The molecule has 0 unspecified atom stereocenters. The molecule has 1 aromatic heterocycles.